The van der Waals surface area contributed by atoms with Crippen LogP contribution in [0.1, 0.15) is 24.8 Å². The van der Waals surface area contributed by atoms with Gasteiger partial charge in [-0.2, -0.15) is 0 Å². The van der Waals surface area contributed by atoms with Crippen LogP contribution in [0.5, 0.6) is 5.75 Å². The van der Waals surface area contributed by atoms with E-state index in [0.717, 1.165) is 34.9 Å². The second-order valence-electron chi connectivity index (χ2n) is 7.67. The molecule has 3 aromatic rings. The van der Waals surface area contributed by atoms with E-state index in [1.165, 1.54) is 0 Å². The number of nitrogens with one attached hydrogen (secondary N) is 2. The van der Waals surface area contributed by atoms with E-state index in [9.17, 15) is 14.4 Å². The van der Waals surface area contributed by atoms with Crippen molar-refractivity contribution in [3.8, 4) is 5.75 Å². The Morgan fingerprint density at radius 3 is 2.47 bits per heavy atom. The van der Waals surface area contributed by atoms with Crippen LogP contribution < -0.4 is 20.5 Å². The van der Waals surface area contributed by atoms with Crippen molar-refractivity contribution in [2.24, 2.45) is 0 Å². The molecule has 0 aromatic heterocycles. The number of hydrogen-bond donors (Lipinski definition) is 2. The fraction of sp³-hybridized carbons (Fsp3) is 0.240. The molecule has 0 saturated heterocycles. The van der Waals surface area contributed by atoms with Crippen LogP contribution in [0.4, 0.5) is 5.69 Å². The van der Waals surface area contributed by atoms with Gasteiger partial charge in [0, 0.05) is 25.1 Å². The Balaban J connectivity index is 1.19. The topological polar surface area (TPSA) is 87.7 Å². The second kappa shape index (κ2) is 9.96. The molecule has 7 nitrogen and oxygen atoms in total. The molecule has 0 radical (unpaired) electrons. The fourth-order valence-electron chi connectivity index (χ4n) is 3.79. The van der Waals surface area contributed by atoms with Gasteiger partial charge in [0.2, 0.25) is 11.8 Å². The lowest BCUT2D eigenvalue weighted by atomic mass is 10.0. The Hall–Kier alpha value is -3.87. The highest BCUT2D eigenvalue weighted by Crippen LogP contribution is 2.27. The number of nitrogens with zero attached hydrogens (tertiary/aromatic N) is 1. The summed E-state index contributed by atoms with van der Waals surface area (Å²) in [7, 11) is 0. The van der Waals surface area contributed by atoms with Gasteiger partial charge in [-0.3, -0.25) is 25.2 Å². The number of aryl methyl sites for hydroxylation is 1. The molecule has 4 rings (SSSR count). The van der Waals surface area contributed by atoms with E-state index >= 15 is 0 Å². The van der Waals surface area contributed by atoms with E-state index in [2.05, 4.69) is 10.9 Å². The van der Waals surface area contributed by atoms with Crippen molar-refractivity contribution in [2.45, 2.75) is 25.7 Å². The highest BCUT2D eigenvalue weighted by Gasteiger charge is 2.22. The SMILES string of the molecule is O=C(CCC(=O)N1CCCc2ccccc21)NNC(=O)COc1ccc2ccccc2c1. The maximum absolute atomic E-state index is 12.6. The smallest absolute Gasteiger partial charge is 0.276 e. The molecule has 32 heavy (non-hydrogen) atoms. The minimum Gasteiger partial charge on any atom is -0.484 e. The second-order valence-corrected chi connectivity index (χ2v) is 7.67. The van der Waals surface area contributed by atoms with Crippen molar-refractivity contribution in [3.05, 3.63) is 72.3 Å². The lowest BCUT2D eigenvalue weighted by Gasteiger charge is -2.29. The Bertz CT molecular complexity index is 1140. The van der Waals surface area contributed by atoms with E-state index < -0.39 is 11.8 Å². The zero-order valence-corrected chi connectivity index (χ0v) is 17.7. The number of rotatable bonds is 6. The molecular weight excluding hydrogens is 406 g/mol. The molecule has 0 saturated carbocycles. The minimum absolute atomic E-state index is 0.0106. The summed E-state index contributed by atoms with van der Waals surface area (Å²) in [6.45, 7) is 0.419. The first-order chi connectivity index (χ1) is 15.6. The lowest BCUT2D eigenvalue weighted by Crippen LogP contribution is -2.44. The van der Waals surface area contributed by atoms with Gasteiger partial charge in [0.1, 0.15) is 5.75 Å². The van der Waals surface area contributed by atoms with Crippen LogP contribution >= 0.6 is 0 Å². The normalized spacial score (nSPS) is 12.7. The van der Waals surface area contributed by atoms with Crippen molar-refractivity contribution in [3.63, 3.8) is 0 Å². The summed E-state index contributed by atoms with van der Waals surface area (Å²) in [5, 5.41) is 2.10. The number of amides is 3. The molecule has 1 heterocycles. The van der Waals surface area contributed by atoms with Crippen LogP contribution in [0.15, 0.2) is 66.7 Å². The van der Waals surface area contributed by atoms with Crippen LogP contribution in [-0.2, 0) is 20.8 Å². The minimum atomic E-state index is -0.484. The van der Waals surface area contributed by atoms with E-state index in [-0.39, 0.29) is 25.4 Å². The average Bonchev–Trinajstić information content (AvgIpc) is 2.84. The standard InChI is InChI=1S/C25H25N3O4/c29-23(13-14-25(31)28-15-5-9-19-7-3-4-10-22(19)28)26-27-24(30)17-32-21-12-11-18-6-1-2-8-20(18)16-21/h1-4,6-8,10-12,16H,5,9,13-15,17H2,(H,26,29)(H,27,30). The number of carbonyl (C=O) groups excluding carboxylic acids is 3. The predicted octanol–water partition coefficient (Wildman–Crippen LogP) is 3.13. The molecule has 0 unspecified atom stereocenters. The van der Waals surface area contributed by atoms with E-state index in [1.54, 1.807) is 11.0 Å². The number of fused-ring (bicyclic) bond motifs is 2. The summed E-state index contributed by atoms with van der Waals surface area (Å²) < 4.78 is 5.49. The molecular formula is C25H25N3O4. The molecule has 7 heteroatoms. The summed E-state index contributed by atoms with van der Waals surface area (Å²) in [5.74, 6) is -0.443. The number of ether oxygens (including phenoxy) is 1. The number of para-hydroxylation sites is 1. The molecule has 3 aromatic carbocycles. The van der Waals surface area contributed by atoms with Gasteiger partial charge in [-0.15, -0.1) is 0 Å². The highest BCUT2D eigenvalue weighted by atomic mass is 16.5. The molecule has 2 N–H and O–H groups in total. The van der Waals surface area contributed by atoms with Gasteiger partial charge in [-0.25, -0.2) is 0 Å². The Morgan fingerprint density at radius 1 is 0.844 bits per heavy atom. The van der Waals surface area contributed by atoms with Gasteiger partial charge in [-0.1, -0.05) is 48.5 Å². The Morgan fingerprint density at radius 2 is 1.59 bits per heavy atom. The average molecular weight is 431 g/mol. The summed E-state index contributed by atoms with van der Waals surface area (Å²) >= 11 is 0. The van der Waals surface area contributed by atoms with Gasteiger partial charge in [0.15, 0.2) is 6.61 Å². The van der Waals surface area contributed by atoms with Gasteiger partial charge < -0.3 is 9.64 Å². The highest BCUT2D eigenvalue weighted by molar-refractivity contribution is 5.96. The van der Waals surface area contributed by atoms with Crippen molar-refractivity contribution < 1.29 is 19.1 Å². The van der Waals surface area contributed by atoms with Gasteiger partial charge in [-0.05, 0) is 47.4 Å². The van der Waals surface area contributed by atoms with Crippen LogP contribution in [0.25, 0.3) is 10.8 Å². The third-order valence-electron chi connectivity index (χ3n) is 5.41. The predicted molar refractivity (Wildman–Crippen MR) is 122 cm³/mol. The summed E-state index contributed by atoms with van der Waals surface area (Å²) in [6, 6.07) is 21.2. The number of carbonyl (C=O) groups is 3. The molecule has 0 atom stereocenters. The summed E-state index contributed by atoms with van der Waals surface area (Å²) in [6.07, 6.45) is 1.92. The van der Waals surface area contributed by atoms with Crippen LogP contribution in [0.3, 0.4) is 0 Å². The quantitative estimate of drug-likeness (QED) is 0.587. The molecule has 1 aliphatic rings. The van der Waals surface area contributed by atoms with Crippen molar-refractivity contribution in [1.82, 2.24) is 10.9 Å². The fourth-order valence-corrected chi connectivity index (χ4v) is 3.79. The van der Waals surface area contributed by atoms with Gasteiger partial charge in [0.25, 0.3) is 5.91 Å². The number of anilines is 1. The molecule has 0 aliphatic carbocycles. The van der Waals surface area contributed by atoms with Gasteiger partial charge >= 0.3 is 0 Å². The summed E-state index contributed by atoms with van der Waals surface area (Å²) in [4.78, 5) is 38.4. The maximum atomic E-state index is 12.6. The zero-order chi connectivity index (χ0) is 22.3. The van der Waals surface area contributed by atoms with E-state index in [0.29, 0.717) is 12.3 Å². The van der Waals surface area contributed by atoms with Crippen molar-refractivity contribution >= 4 is 34.2 Å². The Kier molecular flexibility index (Phi) is 6.65. The first-order valence-electron chi connectivity index (χ1n) is 10.7. The summed E-state index contributed by atoms with van der Waals surface area (Å²) in [5.41, 5.74) is 6.73. The number of hydrogen-bond acceptors (Lipinski definition) is 4. The lowest BCUT2D eigenvalue weighted by molar-refractivity contribution is -0.130. The van der Waals surface area contributed by atoms with Crippen LogP contribution in [0.2, 0.25) is 0 Å². The molecule has 1 aliphatic heterocycles. The van der Waals surface area contributed by atoms with Gasteiger partial charge in [0.05, 0.1) is 0 Å². The maximum Gasteiger partial charge on any atom is 0.276 e. The third kappa shape index (κ3) is 5.24. The van der Waals surface area contributed by atoms with E-state index in [1.807, 2.05) is 60.7 Å². The molecule has 164 valence electrons. The molecule has 0 bridgehead atoms. The molecule has 3 amide bonds. The van der Waals surface area contributed by atoms with Crippen molar-refractivity contribution in [1.29, 1.82) is 0 Å². The first kappa shape index (κ1) is 21.4. The monoisotopic (exact) mass is 431 g/mol. The molecule has 0 fully saturated rings. The molecule has 0 spiro atoms. The largest absolute Gasteiger partial charge is 0.484 e. The zero-order valence-electron chi connectivity index (χ0n) is 17.7. The third-order valence-corrected chi connectivity index (χ3v) is 5.41. The Labute approximate surface area is 186 Å². The number of hydrazine groups is 1. The van der Waals surface area contributed by atoms with E-state index in [4.69, 9.17) is 4.74 Å². The van der Waals surface area contributed by atoms with Crippen molar-refractivity contribution in [2.75, 3.05) is 18.1 Å². The first-order valence-corrected chi connectivity index (χ1v) is 10.7. The number of benzene rings is 3. The van der Waals surface area contributed by atoms with Crippen LogP contribution in [0, 0.1) is 0 Å². The van der Waals surface area contributed by atoms with Crippen LogP contribution in [-0.4, -0.2) is 30.9 Å².